The molecule has 3 aliphatic rings. The van der Waals surface area contributed by atoms with E-state index in [1.807, 2.05) is 31.2 Å². The molecular formula is C17H14ClN3. The van der Waals surface area contributed by atoms with E-state index in [1.54, 1.807) is 0 Å². The topological polar surface area (TPSA) is 36.8 Å². The van der Waals surface area contributed by atoms with E-state index in [0.29, 0.717) is 0 Å². The molecule has 3 nitrogen and oxygen atoms in total. The maximum atomic E-state index is 6.21. The van der Waals surface area contributed by atoms with Crippen LogP contribution in [0, 0.1) is 5.92 Å². The second kappa shape index (κ2) is 4.71. The molecule has 0 aromatic heterocycles. The van der Waals surface area contributed by atoms with E-state index < -0.39 is 0 Å². The first kappa shape index (κ1) is 12.6. The number of hydrogen-bond donors (Lipinski definition) is 1. The molecule has 1 N–H and O–H groups in total. The zero-order valence-electron chi connectivity index (χ0n) is 11.5. The first-order valence-electron chi connectivity index (χ1n) is 6.97. The molecule has 1 aromatic carbocycles. The summed E-state index contributed by atoms with van der Waals surface area (Å²) < 4.78 is 0. The van der Waals surface area contributed by atoms with Crippen LogP contribution >= 0.6 is 11.6 Å². The summed E-state index contributed by atoms with van der Waals surface area (Å²) in [5.74, 6) is 1.03. The van der Waals surface area contributed by atoms with E-state index in [9.17, 15) is 0 Å². The van der Waals surface area contributed by atoms with E-state index in [1.165, 1.54) is 16.7 Å². The fourth-order valence-corrected chi connectivity index (χ4v) is 3.30. The Balaban J connectivity index is 1.96. The minimum absolute atomic E-state index is 0.0163. The van der Waals surface area contributed by atoms with E-state index in [2.05, 4.69) is 34.8 Å². The molecule has 21 heavy (non-hydrogen) atoms. The first-order valence-corrected chi connectivity index (χ1v) is 7.34. The standard InChI is InChI=1S/C17H14ClN3/c1-10-15-16(11-5-3-2-4-6-11)13-9-12(18)7-8-14(13)19-17(15)21-20-10/h2-9,14-15H,1H3,(H,19,21). The molecule has 0 radical (unpaired) electrons. The van der Waals surface area contributed by atoms with Crippen molar-refractivity contribution in [2.45, 2.75) is 13.0 Å². The maximum Gasteiger partial charge on any atom is 0.131 e. The Labute approximate surface area is 128 Å². The third-order valence-corrected chi connectivity index (χ3v) is 4.29. The zero-order chi connectivity index (χ0) is 14.4. The van der Waals surface area contributed by atoms with Gasteiger partial charge in [-0.15, -0.1) is 0 Å². The van der Waals surface area contributed by atoms with Gasteiger partial charge in [0.05, 0.1) is 17.7 Å². The van der Waals surface area contributed by atoms with Gasteiger partial charge in [-0.2, -0.15) is 5.10 Å². The molecule has 104 valence electrons. The number of hydrogen-bond acceptors (Lipinski definition) is 3. The van der Waals surface area contributed by atoms with Gasteiger partial charge < -0.3 is 0 Å². The summed E-state index contributed by atoms with van der Waals surface area (Å²) >= 11 is 6.21. The van der Waals surface area contributed by atoms with Gasteiger partial charge in [-0.1, -0.05) is 48.0 Å². The van der Waals surface area contributed by atoms with Crippen LogP contribution < -0.4 is 5.43 Å². The van der Waals surface area contributed by atoms with Crippen molar-refractivity contribution >= 4 is 28.7 Å². The summed E-state index contributed by atoms with van der Waals surface area (Å²) in [5.41, 5.74) is 7.72. The van der Waals surface area contributed by atoms with Gasteiger partial charge in [0.1, 0.15) is 5.84 Å². The molecule has 2 aliphatic heterocycles. The number of nitrogens with zero attached hydrogens (tertiary/aromatic N) is 2. The Bertz CT molecular complexity index is 753. The number of hydrazone groups is 1. The minimum atomic E-state index is 0.0163. The van der Waals surface area contributed by atoms with Gasteiger partial charge in [0.2, 0.25) is 0 Å². The van der Waals surface area contributed by atoms with Crippen molar-refractivity contribution in [3.8, 4) is 0 Å². The molecule has 1 aliphatic carbocycles. The van der Waals surface area contributed by atoms with Gasteiger partial charge in [0, 0.05) is 5.03 Å². The lowest BCUT2D eigenvalue weighted by Crippen LogP contribution is -2.32. The minimum Gasteiger partial charge on any atom is -0.264 e. The number of halogens is 1. The smallest absolute Gasteiger partial charge is 0.131 e. The van der Waals surface area contributed by atoms with Gasteiger partial charge in [-0.25, -0.2) is 0 Å². The fraction of sp³-hybridized carbons (Fsp3) is 0.176. The molecule has 4 rings (SSSR count). The summed E-state index contributed by atoms with van der Waals surface area (Å²) in [5, 5.41) is 5.10. The molecular weight excluding hydrogens is 282 g/mol. The SMILES string of the molecule is CC1=NNC2=NC3C=CC(Cl)=CC3=C(c3ccccc3)C12. The average molecular weight is 296 g/mol. The van der Waals surface area contributed by atoms with Crippen LogP contribution in [0.2, 0.25) is 0 Å². The molecule has 2 atom stereocenters. The predicted molar refractivity (Wildman–Crippen MR) is 87.4 cm³/mol. The summed E-state index contributed by atoms with van der Waals surface area (Å²) in [7, 11) is 0. The van der Waals surface area contributed by atoms with E-state index in [-0.39, 0.29) is 12.0 Å². The van der Waals surface area contributed by atoms with Crippen LogP contribution in [-0.2, 0) is 0 Å². The van der Waals surface area contributed by atoms with Crippen LogP contribution in [0.1, 0.15) is 12.5 Å². The van der Waals surface area contributed by atoms with Crippen molar-refractivity contribution in [3.05, 3.63) is 64.7 Å². The molecule has 1 aromatic rings. The van der Waals surface area contributed by atoms with E-state index in [4.69, 9.17) is 16.6 Å². The zero-order valence-corrected chi connectivity index (χ0v) is 12.3. The quantitative estimate of drug-likeness (QED) is 0.846. The van der Waals surface area contributed by atoms with Crippen LogP contribution in [0.5, 0.6) is 0 Å². The Morgan fingerprint density at radius 2 is 2.00 bits per heavy atom. The summed E-state index contributed by atoms with van der Waals surface area (Å²) in [4.78, 5) is 4.77. The molecule has 0 saturated carbocycles. The van der Waals surface area contributed by atoms with Crippen LogP contribution in [0.15, 0.2) is 69.3 Å². The van der Waals surface area contributed by atoms with Gasteiger partial charge in [0.15, 0.2) is 0 Å². The van der Waals surface area contributed by atoms with E-state index >= 15 is 0 Å². The number of nitrogens with one attached hydrogen (secondary N) is 1. The third-order valence-electron chi connectivity index (χ3n) is 4.05. The van der Waals surface area contributed by atoms with Crippen LogP contribution in [0.25, 0.3) is 5.57 Å². The molecule has 0 bridgehead atoms. The Kier molecular flexibility index (Phi) is 2.82. The number of dihydropyridines is 1. The lowest BCUT2D eigenvalue weighted by atomic mass is 9.80. The number of allylic oxidation sites excluding steroid dienone is 2. The largest absolute Gasteiger partial charge is 0.264 e. The van der Waals surface area contributed by atoms with Gasteiger partial charge in [0.25, 0.3) is 0 Å². The highest BCUT2D eigenvalue weighted by molar-refractivity contribution is 6.31. The van der Waals surface area contributed by atoms with Crippen molar-refractivity contribution in [3.63, 3.8) is 0 Å². The highest BCUT2D eigenvalue weighted by atomic mass is 35.5. The van der Waals surface area contributed by atoms with Gasteiger partial charge in [-0.3, -0.25) is 10.4 Å². The van der Waals surface area contributed by atoms with E-state index in [0.717, 1.165) is 16.6 Å². The third kappa shape index (κ3) is 1.96. The van der Waals surface area contributed by atoms with Crippen LogP contribution in [0.3, 0.4) is 0 Å². The Morgan fingerprint density at radius 3 is 2.81 bits per heavy atom. The molecule has 0 fully saturated rings. The monoisotopic (exact) mass is 295 g/mol. The van der Waals surface area contributed by atoms with Gasteiger partial charge >= 0.3 is 0 Å². The number of amidine groups is 1. The second-order valence-electron chi connectivity index (χ2n) is 5.38. The normalized spacial score (nSPS) is 26.5. The lowest BCUT2D eigenvalue weighted by Gasteiger charge is -2.29. The number of fused-ring (bicyclic) bond motifs is 2. The lowest BCUT2D eigenvalue weighted by molar-refractivity contribution is 0.893. The highest BCUT2D eigenvalue weighted by Gasteiger charge is 2.37. The summed E-state index contributed by atoms with van der Waals surface area (Å²) in [6.07, 6.45) is 5.98. The number of benzene rings is 1. The molecule has 2 unspecified atom stereocenters. The van der Waals surface area contributed by atoms with Crippen LogP contribution in [0.4, 0.5) is 0 Å². The molecule has 0 amide bonds. The molecule has 0 saturated heterocycles. The first-order chi connectivity index (χ1) is 10.2. The van der Waals surface area contributed by atoms with Crippen molar-refractivity contribution in [1.82, 2.24) is 5.43 Å². The van der Waals surface area contributed by atoms with Gasteiger partial charge in [-0.05, 0) is 35.8 Å². The van der Waals surface area contributed by atoms with Crippen LogP contribution in [-0.4, -0.2) is 17.6 Å². The number of rotatable bonds is 1. The highest BCUT2D eigenvalue weighted by Crippen LogP contribution is 2.39. The summed E-state index contributed by atoms with van der Waals surface area (Å²) in [6.45, 7) is 2.04. The molecule has 2 heterocycles. The van der Waals surface area contributed by atoms with Crippen molar-refractivity contribution < 1.29 is 0 Å². The molecule has 4 heteroatoms. The second-order valence-corrected chi connectivity index (χ2v) is 5.82. The van der Waals surface area contributed by atoms with Crippen molar-refractivity contribution in [2.24, 2.45) is 16.0 Å². The molecule has 0 spiro atoms. The summed E-state index contributed by atoms with van der Waals surface area (Å²) in [6, 6.07) is 10.4. The average Bonchev–Trinajstić information content (AvgIpc) is 2.87. The van der Waals surface area contributed by atoms with Crippen molar-refractivity contribution in [2.75, 3.05) is 0 Å². The fourth-order valence-electron chi connectivity index (χ4n) is 3.11. The predicted octanol–water partition coefficient (Wildman–Crippen LogP) is 3.51. The number of aliphatic imine (C=N–C) groups is 1. The Hall–Kier alpha value is -2.13. The maximum absolute atomic E-state index is 6.21. The van der Waals surface area contributed by atoms with Crippen molar-refractivity contribution in [1.29, 1.82) is 0 Å². The Morgan fingerprint density at radius 1 is 1.19 bits per heavy atom.